The van der Waals surface area contributed by atoms with Gasteiger partial charge >= 0.3 is 0 Å². The first-order chi connectivity index (χ1) is 7.77. The zero-order valence-corrected chi connectivity index (χ0v) is 8.66. The zero-order chi connectivity index (χ0) is 11.1. The van der Waals surface area contributed by atoms with Crippen LogP contribution in [-0.4, -0.2) is 9.78 Å². The molecule has 1 aliphatic carbocycles. The molecule has 0 saturated carbocycles. The van der Waals surface area contributed by atoms with Gasteiger partial charge in [-0.1, -0.05) is 12.1 Å². The van der Waals surface area contributed by atoms with E-state index in [4.69, 9.17) is 0 Å². The molecule has 3 nitrogen and oxygen atoms in total. The molecule has 1 aromatic carbocycles. The van der Waals surface area contributed by atoms with Gasteiger partial charge in [-0.2, -0.15) is 0 Å². The molecule has 1 aliphatic rings. The summed E-state index contributed by atoms with van der Waals surface area (Å²) in [6.45, 7) is 0. The van der Waals surface area contributed by atoms with Crippen LogP contribution in [0.15, 0.2) is 29.1 Å². The SMILES string of the molecule is O=c1[nH]n(-c2ccccc2F)c2c1CCC2. The maximum atomic E-state index is 13.6. The minimum absolute atomic E-state index is 0.0873. The molecule has 1 heterocycles. The van der Waals surface area contributed by atoms with E-state index < -0.39 is 0 Å². The van der Waals surface area contributed by atoms with Gasteiger partial charge in [0.05, 0.1) is 5.69 Å². The predicted octanol–water partition coefficient (Wildman–Crippen LogP) is 1.79. The lowest BCUT2D eigenvalue weighted by Crippen LogP contribution is -2.09. The molecule has 0 fully saturated rings. The van der Waals surface area contributed by atoms with Crippen molar-refractivity contribution in [1.82, 2.24) is 9.78 Å². The molecule has 4 heteroatoms. The first-order valence-corrected chi connectivity index (χ1v) is 5.35. The molecule has 1 aromatic heterocycles. The lowest BCUT2D eigenvalue weighted by molar-refractivity contribution is 0.605. The van der Waals surface area contributed by atoms with Gasteiger partial charge < -0.3 is 0 Å². The number of aromatic nitrogens is 2. The Kier molecular flexibility index (Phi) is 1.96. The number of halogens is 1. The summed E-state index contributed by atoms with van der Waals surface area (Å²) in [7, 11) is 0. The van der Waals surface area contributed by atoms with Crippen molar-refractivity contribution in [2.24, 2.45) is 0 Å². The third kappa shape index (κ3) is 1.23. The smallest absolute Gasteiger partial charge is 0.267 e. The van der Waals surface area contributed by atoms with Crippen LogP contribution in [0.25, 0.3) is 5.69 Å². The predicted molar refractivity (Wildman–Crippen MR) is 58.4 cm³/mol. The summed E-state index contributed by atoms with van der Waals surface area (Å²) in [6, 6.07) is 6.47. The number of hydrogen-bond donors (Lipinski definition) is 1. The van der Waals surface area contributed by atoms with E-state index in [9.17, 15) is 9.18 Å². The van der Waals surface area contributed by atoms with Crippen LogP contribution in [0.1, 0.15) is 17.7 Å². The fraction of sp³-hybridized carbons (Fsp3) is 0.250. The molecular formula is C12H11FN2O. The van der Waals surface area contributed by atoms with E-state index in [1.54, 1.807) is 22.9 Å². The largest absolute Gasteiger partial charge is 0.268 e. The van der Waals surface area contributed by atoms with Crippen LogP contribution in [-0.2, 0) is 12.8 Å². The molecule has 0 amide bonds. The molecule has 0 bridgehead atoms. The van der Waals surface area contributed by atoms with Crippen molar-refractivity contribution in [2.45, 2.75) is 19.3 Å². The minimum Gasteiger partial charge on any atom is -0.268 e. The molecular weight excluding hydrogens is 207 g/mol. The standard InChI is InChI=1S/C12H11FN2O/c13-9-5-1-2-6-11(9)15-10-7-3-4-8(10)12(16)14-15/h1-2,5-6H,3-4,7H2,(H,14,16). The number of para-hydroxylation sites is 1. The van der Waals surface area contributed by atoms with Crippen molar-refractivity contribution in [3.63, 3.8) is 0 Å². The van der Waals surface area contributed by atoms with E-state index in [-0.39, 0.29) is 11.4 Å². The Morgan fingerprint density at radius 3 is 2.88 bits per heavy atom. The first kappa shape index (κ1) is 9.39. The fourth-order valence-electron chi connectivity index (χ4n) is 2.29. The number of hydrogen-bond acceptors (Lipinski definition) is 1. The number of fused-ring (bicyclic) bond motifs is 1. The highest BCUT2D eigenvalue weighted by molar-refractivity contribution is 5.37. The molecule has 0 unspecified atom stereocenters. The summed E-state index contributed by atoms with van der Waals surface area (Å²) >= 11 is 0. The topological polar surface area (TPSA) is 37.8 Å². The number of rotatable bonds is 1. The molecule has 82 valence electrons. The quantitative estimate of drug-likeness (QED) is 0.778. The lowest BCUT2D eigenvalue weighted by Gasteiger charge is -2.07. The molecule has 0 spiro atoms. The Morgan fingerprint density at radius 2 is 2.06 bits per heavy atom. The molecule has 0 aliphatic heterocycles. The Morgan fingerprint density at radius 1 is 1.25 bits per heavy atom. The van der Waals surface area contributed by atoms with Crippen molar-refractivity contribution < 1.29 is 4.39 Å². The molecule has 0 radical (unpaired) electrons. The van der Waals surface area contributed by atoms with Crippen molar-refractivity contribution >= 4 is 0 Å². The van der Waals surface area contributed by atoms with Gasteiger partial charge in [-0.05, 0) is 31.4 Å². The van der Waals surface area contributed by atoms with Crippen LogP contribution in [0.2, 0.25) is 0 Å². The number of aromatic amines is 1. The van der Waals surface area contributed by atoms with E-state index in [2.05, 4.69) is 5.10 Å². The van der Waals surface area contributed by atoms with Crippen LogP contribution < -0.4 is 5.56 Å². The number of nitrogens with zero attached hydrogens (tertiary/aromatic N) is 1. The van der Waals surface area contributed by atoms with Gasteiger partial charge in [0.2, 0.25) is 0 Å². The second-order valence-corrected chi connectivity index (χ2v) is 4.01. The van der Waals surface area contributed by atoms with Gasteiger partial charge in [-0.25, -0.2) is 4.39 Å². The zero-order valence-electron chi connectivity index (χ0n) is 8.66. The van der Waals surface area contributed by atoms with E-state index in [1.165, 1.54) is 6.07 Å². The van der Waals surface area contributed by atoms with Gasteiger partial charge in [0.25, 0.3) is 5.56 Å². The van der Waals surface area contributed by atoms with Crippen molar-refractivity contribution in [2.75, 3.05) is 0 Å². The highest BCUT2D eigenvalue weighted by Gasteiger charge is 2.21. The number of nitrogens with one attached hydrogen (secondary N) is 1. The van der Waals surface area contributed by atoms with Gasteiger partial charge in [-0.3, -0.25) is 14.6 Å². The fourth-order valence-corrected chi connectivity index (χ4v) is 2.29. The summed E-state index contributed by atoms with van der Waals surface area (Å²) in [5, 5.41) is 2.69. The summed E-state index contributed by atoms with van der Waals surface area (Å²) in [5.74, 6) is -0.316. The summed E-state index contributed by atoms with van der Waals surface area (Å²) in [5.41, 5.74) is 2.07. The normalized spacial score (nSPS) is 14.1. The van der Waals surface area contributed by atoms with Crippen LogP contribution in [0.5, 0.6) is 0 Å². The van der Waals surface area contributed by atoms with E-state index >= 15 is 0 Å². The molecule has 1 N–H and O–H groups in total. The monoisotopic (exact) mass is 218 g/mol. The van der Waals surface area contributed by atoms with Gasteiger partial charge in [0, 0.05) is 11.3 Å². The van der Waals surface area contributed by atoms with Gasteiger partial charge in [0.15, 0.2) is 0 Å². The Labute approximate surface area is 91.5 Å². The minimum atomic E-state index is -0.316. The van der Waals surface area contributed by atoms with Crippen LogP contribution in [0.4, 0.5) is 4.39 Å². The van der Waals surface area contributed by atoms with Crippen LogP contribution >= 0.6 is 0 Å². The molecule has 0 atom stereocenters. The Bertz CT molecular complexity index is 597. The van der Waals surface area contributed by atoms with E-state index in [0.29, 0.717) is 5.69 Å². The molecule has 3 rings (SSSR count). The average molecular weight is 218 g/mol. The maximum Gasteiger partial charge on any atom is 0.267 e. The summed E-state index contributed by atoms with van der Waals surface area (Å²) in [4.78, 5) is 11.6. The number of benzene rings is 1. The number of H-pyrrole nitrogens is 1. The van der Waals surface area contributed by atoms with Crippen LogP contribution in [0, 0.1) is 5.82 Å². The Hall–Kier alpha value is -1.84. The van der Waals surface area contributed by atoms with Gasteiger partial charge in [0.1, 0.15) is 5.82 Å². The van der Waals surface area contributed by atoms with E-state index in [1.807, 2.05) is 0 Å². The van der Waals surface area contributed by atoms with Crippen molar-refractivity contribution in [3.8, 4) is 5.69 Å². The van der Waals surface area contributed by atoms with E-state index in [0.717, 1.165) is 30.5 Å². The Balaban J connectivity index is 2.25. The van der Waals surface area contributed by atoms with Crippen molar-refractivity contribution in [1.29, 1.82) is 0 Å². The average Bonchev–Trinajstić information content (AvgIpc) is 2.84. The second-order valence-electron chi connectivity index (χ2n) is 4.01. The van der Waals surface area contributed by atoms with Gasteiger partial charge in [-0.15, -0.1) is 0 Å². The maximum absolute atomic E-state index is 13.6. The summed E-state index contributed by atoms with van der Waals surface area (Å²) < 4.78 is 15.2. The molecule has 16 heavy (non-hydrogen) atoms. The third-order valence-corrected chi connectivity index (χ3v) is 3.04. The third-order valence-electron chi connectivity index (χ3n) is 3.04. The van der Waals surface area contributed by atoms with Crippen molar-refractivity contribution in [3.05, 3.63) is 51.7 Å². The lowest BCUT2D eigenvalue weighted by atomic mass is 10.2. The molecule has 0 saturated heterocycles. The highest BCUT2D eigenvalue weighted by Crippen LogP contribution is 2.22. The first-order valence-electron chi connectivity index (χ1n) is 5.35. The second kappa shape index (κ2) is 3.33. The molecule has 2 aromatic rings. The highest BCUT2D eigenvalue weighted by atomic mass is 19.1. The van der Waals surface area contributed by atoms with Crippen LogP contribution in [0.3, 0.4) is 0 Å². The summed E-state index contributed by atoms with van der Waals surface area (Å²) in [6.07, 6.45) is 2.61.